The Hall–Kier alpha value is -13.6. The van der Waals surface area contributed by atoms with E-state index in [1.54, 1.807) is 90.8 Å². The minimum absolute atomic E-state index is 0. The van der Waals surface area contributed by atoms with Crippen LogP contribution >= 0.6 is 46.4 Å². The summed E-state index contributed by atoms with van der Waals surface area (Å²) in [4.78, 5) is 91.5. The molecule has 5 heterocycles. The Balaban J connectivity index is 0.000000448. The summed E-state index contributed by atoms with van der Waals surface area (Å²) >= 11 is 23.8. The van der Waals surface area contributed by atoms with Crippen molar-refractivity contribution >= 4 is 115 Å². The summed E-state index contributed by atoms with van der Waals surface area (Å²) in [6.07, 6.45) is 0.977. The number of esters is 2. The lowest BCUT2D eigenvalue weighted by molar-refractivity contribution is -0.145. The normalized spacial score (nSPS) is 10.6. The minimum Gasteiger partial charge on any atom is -0.497 e. The topological polar surface area (TPSA) is 333 Å². The fourth-order valence-electron chi connectivity index (χ4n) is 14.7. The summed E-state index contributed by atoms with van der Waals surface area (Å²) in [6, 6.07) is 68.2. The molecule has 24 nitrogen and oxygen atoms in total. The highest BCUT2D eigenvalue weighted by atomic mass is 35.5. The summed E-state index contributed by atoms with van der Waals surface area (Å²) in [7, 11) is 6.64. The van der Waals surface area contributed by atoms with Crippen molar-refractivity contribution in [1.29, 1.82) is 0 Å². The molecule has 0 radical (unpaired) electrons. The molecular formula is C117H142Cl4N8O16. The van der Waals surface area contributed by atoms with E-state index in [-0.39, 0.29) is 96.7 Å². The van der Waals surface area contributed by atoms with Crippen molar-refractivity contribution in [3.05, 3.63) is 356 Å². The molecule has 145 heavy (non-hydrogen) atoms. The molecule has 7 N–H and O–H groups in total. The van der Waals surface area contributed by atoms with Crippen LogP contribution < -0.4 is 30.4 Å². The van der Waals surface area contributed by atoms with Crippen LogP contribution in [-0.2, 0) is 74.5 Å². The number of carbonyl (C=O) groups excluding carboxylic acids is 7. The number of hydrogen-bond donors (Lipinski definition) is 5. The van der Waals surface area contributed by atoms with Crippen molar-refractivity contribution in [1.82, 2.24) is 23.7 Å². The lowest BCUT2D eigenvalue weighted by Gasteiger charge is -2.15. The van der Waals surface area contributed by atoms with Gasteiger partial charge in [-0.1, -0.05) is 180 Å². The maximum absolute atomic E-state index is 13.0. The van der Waals surface area contributed by atoms with Crippen LogP contribution in [0.2, 0.25) is 20.1 Å². The predicted octanol–water partition coefficient (Wildman–Crippen LogP) is 25.9. The van der Waals surface area contributed by atoms with E-state index in [2.05, 4.69) is 70.7 Å². The molecule has 0 aliphatic heterocycles. The molecule has 2 atom stereocenters. The van der Waals surface area contributed by atoms with Crippen LogP contribution in [0.1, 0.15) is 212 Å². The zero-order chi connectivity index (χ0) is 104. The Morgan fingerprint density at radius 3 is 1.16 bits per heavy atom. The zero-order valence-corrected chi connectivity index (χ0v) is 86.4. The lowest BCUT2D eigenvalue weighted by atomic mass is 9.94. The Morgan fingerprint density at radius 1 is 0.441 bits per heavy atom. The first kappa shape index (κ1) is 126. The molecule has 14 aromatic rings. The molecule has 2 unspecified atom stereocenters. The summed E-state index contributed by atoms with van der Waals surface area (Å²) in [5.74, 6) is 2.88. The number of ketones is 5. The number of benzene rings is 9. The highest BCUT2D eigenvalue weighted by Crippen LogP contribution is 2.42. The van der Waals surface area contributed by atoms with E-state index in [1.165, 1.54) is 37.5 Å². The van der Waals surface area contributed by atoms with Crippen LogP contribution in [0.3, 0.4) is 0 Å². The van der Waals surface area contributed by atoms with Gasteiger partial charge < -0.3 is 73.8 Å². The van der Waals surface area contributed by atoms with Gasteiger partial charge in [0.05, 0.1) is 71.7 Å². The average Bonchev–Trinajstić information content (AvgIpc) is 1.56. The van der Waals surface area contributed by atoms with E-state index in [1.807, 2.05) is 192 Å². The monoisotopic (exact) mass is 2050 g/mol. The van der Waals surface area contributed by atoms with Crippen molar-refractivity contribution in [3.63, 3.8) is 0 Å². The Kier molecular flexibility index (Phi) is 53.9. The number of halogens is 4. The van der Waals surface area contributed by atoms with Crippen molar-refractivity contribution in [2.45, 2.75) is 198 Å². The highest BCUT2D eigenvalue weighted by Gasteiger charge is 2.29. The van der Waals surface area contributed by atoms with Gasteiger partial charge >= 0.3 is 11.9 Å². The second-order valence-electron chi connectivity index (χ2n) is 33.1. The van der Waals surface area contributed by atoms with E-state index >= 15 is 0 Å². The van der Waals surface area contributed by atoms with Crippen molar-refractivity contribution in [2.24, 2.45) is 11.7 Å². The number of ether oxygens (including phenoxy) is 6. The van der Waals surface area contributed by atoms with Crippen LogP contribution in [0, 0.1) is 67.9 Å². The number of methoxy groups -OCH3 is 4. The number of aliphatic hydroxyl groups excluding tert-OH is 3. The van der Waals surface area contributed by atoms with Crippen LogP contribution in [0.5, 0.6) is 23.0 Å². The maximum Gasteiger partial charge on any atom is 0.340 e. The minimum atomic E-state index is -0.787. The number of anilines is 1. The third-order valence-corrected chi connectivity index (χ3v) is 24.5. The number of aliphatic hydroxyl groups is 3. The number of carbonyl (C=O) groups is 7. The van der Waals surface area contributed by atoms with E-state index in [0.29, 0.717) is 93.2 Å². The molecule has 28 heteroatoms. The summed E-state index contributed by atoms with van der Waals surface area (Å²) < 4.78 is 36.9. The van der Waals surface area contributed by atoms with Gasteiger partial charge in [0.2, 0.25) is 5.78 Å². The Labute approximate surface area is 875 Å². The van der Waals surface area contributed by atoms with E-state index in [4.69, 9.17) is 108 Å². The first-order valence-corrected chi connectivity index (χ1v) is 47.2. The van der Waals surface area contributed by atoms with Gasteiger partial charge in [0.25, 0.3) is 6.54 Å². The average molecular weight is 2060 g/mol. The van der Waals surface area contributed by atoms with Gasteiger partial charge in [-0.15, -0.1) is 0 Å². The SMILES string of the molecule is C.C.C.C.CC(=O)C(C)O.CCOC(=O)CC(C)=O.CCOC(=O)c1c(C)nc2c(c(C)c(C)n2Cc2ccc(OC)cc2)c1-c1ccc(Cl)cc1.COc1ccc(CCC(C)C(C)=O)cc1.COc1ccc(CN)cc1.COc1ccc(Cn2c(C)c(C)c3c(-c4ccc(Cl)cc4)c(CO)c(C)nc32)cc1.Cc1c(C(=O)c2ccc(Cl)cc2)c(N)n(Cc2ccc(CO)cc2)c1C.[C-]#[N+]CC(=O)c1ccc(Cl)cc1. The number of pyridine rings is 2. The fourth-order valence-corrected chi connectivity index (χ4v) is 15.2. The second-order valence-corrected chi connectivity index (χ2v) is 34.9. The molecule has 5 aromatic heterocycles. The largest absolute Gasteiger partial charge is 0.497 e. The Bertz CT molecular complexity index is 6550. The number of nitrogens with zero attached hydrogens (tertiary/aromatic N) is 6. The molecule has 0 spiro atoms. The standard InChI is InChI=1S/C27H27ClN2O3.C25H25ClN2O2.C21H21ClN2O2.C13H18O2.C9H6ClNO.C8H11NO.C6H10O3.C4H8O2.4CH4/c1-6-33-27(31)24-17(3)29-26-23(25(24)20-9-11-21(28)12-10-20)16(2)18(4)30(26)15-19-7-13-22(32-5)14-8-19;1-15-17(3)28(13-18-5-11-21(30-4)12-6-18)25-23(15)24(22(14-29)16(2)27-25)19-7-9-20(26)10-8-19;1-13-14(2)24(11-15-3-5-16(12-25)6-4-15)21(23)19(13)20(26)17-7-9-18(22)10-8-17;1-10(11(2)14)4-5-12-6-8-13(15-3)9-7-12;1-11-6-9(12)7-2-4-8(10)5-3-7;1-10-8-4-2-7(6-9)3-5-8;1-3-9-6(8)4-5(2)7;1-3(5)4(2)6;;;;/h7-14H,6,15H2,1-5H3;5-12,29H,13-14H2,1-4H3;3-10,25H,11-12,23H2,1-2H3;6-10H,4-5H2,1-3H3;2-5H,6H2;2-5H,6,9H2,1H3;3-4H2,1-2H3;3,5H,1-2H3;4*1H4. The number of aryl methyl sites for hydroxylation is 5. The molecule has 0 aliphatic rings. The van der Waals surface area contributed by atoms with E-state index < -0.39 is 12.1 Å². The maximum atomic E-state index is 13.0. The van der Waals surface area contributed by atoms with Crippen LogP contribution in [-0.4, -0.2) is 134 Å². The van der Waals surface area contributed by atoms with Gasteiger partial charge in [0, 0.05) is 114 Å². The Morgan fingerprint density at radius 2 is 0.793 bits per heavy atom. The van der Waals surface area contributed by atoms with Gasteiger partial charge in [-0.25, -0.2) is 21.3 Å². The van der Waals surface area contributed by atoms with Crippen molar-refractivity contribution in [2.75, 3.05) is 53.9 Å². The van der Waals surface area contributed by atoms with Gasteiger partial charge in [-0.3, -0.25) is 28.8 Å². The van der Waals surface area contributed by atoms with E-state index in [0.717, 1.165) is 142 Å². The van der Waals surface area contributed by atoms with Gasteiger partial charge in [0.15, 0.2) is 11.6 Å². The number of nitrogens with two attached hydrogens (primary N) is 2. The third kappa shape index (κ3) is 36.0. The number of nitrogen functional groups attached to an aromatic ring is 1. The number of hydrogen-bond acceptors (Lipinski definition) is 20. The smallest absolute Gasteiger partial charge is 0.340 e. The molecule has 0 fully saturated rings. The molecule has 0 amide bonds. The molecular weight excluding hydrogens is 1920 g/mol. The number of Topliss-reactive ketones (excluding diaryl/α,β-unsaturated/α-hetero) is 4. The number of aromatic nitrogens is 5. The molecule has 9 aromatic carbocycles. The van der Waals surface area contributed by atoms with Gasteiger partial charge in [-0.2, -0.15) is 0 Å². The van der Waals surface area contributed by atoms with Crippen molar-refractivity contribution < 1.29 is 77.3 Å². The highest BCUT2D eigenvalue weighted by molar-refractivity contribution is 6.32. The molecule has 0 saturated carbocycles. The lowest BCUT2D eigenvalue weighted by Crippen LogP contribution is -2.11. The molecule has 0 aliphatic carbocycles. The van der Waals surface area contributed by atoms with Crippen molar-refractivity contribution in [3.8, 4) is 45.3 Å². The first-order valence-electron chi connectivity index (χ1n) is 45.7. The summed E-state index contributed by atoms with van der Waals surface area (Å²) in [6.45, 7) is 36.9. The first-order chi connectivity index (χ1) is 67.2. The fraction of sp³-hybridized carbons (Fsp3) is 0.316. The summed E-state index contributed by atoms with van der Waals surface area (Å²) in [5, 5.41) is 32.1. The zero-order valence-electron chi connectivity index (χ0n) is 83.4. The third-order valence-electron chi connectivity index (χ3n) is 23.4. The molecule has 0 saturated heterocycles. The molecule has 0 bridgehead atoms. The predicted molar refractivity (Wildman–Crippen MR) is 590 cm³/mol. The number of rotatable bonds is 29. The van der Waals surface area contributed by atoms with Crippen LogP contribution in [0.25, 0.3) is 49.2 Å². The molecule has 774 valence electrons. The van der Waals surface area contributed by atoms with Crippen LogP contribution in [0.4, 0.5) is 5.82 Å². The van der Waals surface area contributed by atoms with Gasteiger partial charge in [-0.05, 0) is 292 Å². The number of fused-ring (bicyclic) bond motifs is 2. The summed E-state index contributed by atoms with van der Waals surface area (Å²) in [5.41, 5.74) is 34.8. The van der Waals surface area contributed by atoms with Crippen LogP contribution in [0.15, 0.2) is 218 Å². The van der Waals surface area contributed by atoms with E-state index in [9.17, 15) is 38.7 Å². The molecule has 14 rings (SSSR count). The van der Waals surface area contributed by atoms with Gasteiger partial charge in [0.1, 0.15) is 64.2 Å². The quantitative estimate of drug-likeness (QED) is 0.0126. The second kappa shape index (κ2) is 62.2.